The molecule has 4 rings (SSSR count). The minimum Gasteiger partial charge on any atom is -0.311 e. The van der Waals surface area contributed by atoms with Gasteiger partial charge < -0.3 is 4.90 Å². The van der Waals surface area contributed by atoms with Crippen LogP contribution in [-0.4, -0.2) is 0 Å². The third kappa shape index (κ3) is 3.70. The molecule has 0 aromatic heterocycles. The van der Waals surface area contributed by atoms with E-state index in [1.165, 1.54) is 27.8 Å². The number of rotatable bonds is 4. The van der Waals surface area contributed by atoms with Gasteiger partial charge in [0.05, 0.1) is 0 Å². The second-order valence-electron chi connectivity index (χ2n) is 7.37. The lowest BCUT2D eigenvalue weighted by molar-refractivity contribution is 1.27. The highest BCUT2D eigenvalue weighted by atomic mass is 15.1. The molecule has 0 saturated carbocycles. The van der Waals surface area contributed by atoms with Gasteiger partial charge in [-0.15, -0.1) is 0 Å². The van der Waals surface area contributed by atoms with E-state index in [0.717, 1.165) is 17.1 Å². The quantitative estimate of drug-likeness (QED) is 0.358. The van der Waals surface area contributed by atoms with Gasteiger partial charge in [-0.1, -0.05) is 71.8 Å². The SMILES string of the molecule is Cc1ccc(N(c2ccc(C)cc2)c2ccc(-c3ccccc3C)cc2)cc1. The van der Waals surface area contributed by atoms with E-state index in [1.807, 2.05) is 0 Å². The second kappa shape index (κ2) is 7.74. The Morgan fingerprint density at radius 1 is 0.464 bits per heavy atom. The zero-order valence-corrected chi connectivity index (χ0v) is 16.7. The van der Waals surface area contributed by atoms with E-state index in [-0.39, 0.29) is 0 Å². The summed E-state index contributed by atoms with van der Waals surface area (Å²) in [6, 6.07) is 34.8. The molecule has 0 amide bonds. The maximum atomic E-state index is 2.31. The van der Waals surface area contributed by atoms with Crippen molar-refractivity contribution in [2.75, 3.05) is 4.90 Å². The van der Waals surface area contributed by atoms with E-state index in [4.69, 9.17) is 0 Å². The molecule has 0 heterocycles. The molecule has 0 saturated heterocycles. The van der Waals surface area contributed by atoms with Crippen molar-refractivity contribution in [2.45, 2.75) is 20.8 Å². The van der Waals surface area contributed by atoms with Gasteiger partial charge in [-0.25, -0.2) is 0 Å². The van der Waals surface area contributed by atoms with Gasteiger partial charge >= 0.3 is 0 Å². The van der Waals surface area contributed by atoms with Crippen molar-refractivity contribution in [3.8, 4) is 11.1 Å². The molecule has 1 heteroatoms. The van der Waals surface area contributed by atoms with Crippen molar-refractivity contribution in [2.24, 2.45) is 0 Å². The summed E-state index contributed by atoms with van der Waals surface area (Å²) in [5.41, 5.74) is 9.84. The zero-order chi connectivity index (χ0) is 19.5. The molecule has 4 aromatic carbocycles. The number of benzene rings is 4. The molecule has 4 aromatic rings. The van der Waals surface area contributed by atoms with E-state index in [1.54, 1.807) is 0 Å². The Kier molecular flexibility index (Phi) is 4.99. The van der Waals surface area contributed by atoms with Crippen molar-refractivity contribution in [3.05, 3.63) is 114 Å². The van der Waals surface area contributed by atoms with Gasteiger partial charge in [0.25, 0.3) is 0 Å². The minimum atomic E-state index is 1.16. The standard InChI is InChI=1S/C27H25N/c1-20-8-14-24(15-9-20)28(25-16-10-21(2)11-17-25)26-18-12-23(13-19-26)27-7-5-4-6-22(27)3/h4-19H,1-3H3. The lowest BCUT2D eigenvalue weighted by atomic mass is 10.0. The Hall–Kier alpha value is -3.32. The normalized spacial score (nSPS) is 10.7. The summed E-state index contributed by atoms with van der Waals surface area (Å²) in [5.74, 6) is 0. The first-order valence-corrected chi connectivity index (χ1v) is 9.71. The Morgan fingerprint density at radius 2 is 0.893 bits per heavy atom. The van der Waals surface area contributed by atoms with Crippen LogP contribution in [-0.2, 0) is 0 Å². The largest absolute Gasteiger partial charge is 0.311 e. The van der Waals surface area contributed by atoms with Gasteiger partial charge in [0, 0.05) is 17.1 Å². The Morgan fingerprint density at radius 3 is 1.36 bits per heavy atom. The number of nitrogens with zero attached hydrogens (tertiary/aromatic N) is 1. The van der Waals surface area contributed by atoms with Gasteiger partial charge in [0.15, 0.2) is 0 Å². The highest BCUT2D eigenvalue weighted by Crippen LogP contribution is 2.36. The molecular weight excluding hydrogens is 338 g/mol. The fourth-order valence-electron chi connectivity index (χ4n) is 3.52. The monoisotopic (exact) mass is 363 g/mol. The third-order valence-electron chi connectivity index (χ3n) is 5.17. The Balaban J connectivity index is 1.77. The first-order valence-electron chi connectivity index (χ1n) is 9.71. The molecule has 0 aliphatic carbocycles. The molecule has 0 aliphatic heterocycles. The molecule has 0 N–H and O–H groups in total. The summed E-state index contributed by atoms with van der Waals surface area (Å²) >= 11 is 0. The summed E-state index contributed by atoms with van der Waals surface area (Å²) in [6.45, 7) is 6.40. The minimum absolute atomic E-state index is 1.16. The number of aryl methyl sites for hydroxylation is 3. The van der Waals surface area contributed by atoms with E-state index < -0.39 is 0 Å². The van der Waals surface area contributed by atoms with Crippen LogP contribution in [0.25, 0.3) is 11.1 Å². The van der Waals surface area contributed by atoms with E-state index in [0.29, 0.717) is 0 Å². The lowest BCUT2D eigenvalue weighted by Crippen LogP contribution is -2.09. The average molecular weight is 364 g/mol. The maximum absolute atomic E-state index is 2.31. The van der Waals surface area contributed by atoms with Crippen LogP contribution in [0, 0.1) is 20.8 Å². The van der Waals surface area contributed by atoms with Crippen LogP contribution in [0.1, 0.15) is 16.7 Å². The highest BCUT2D eigenvalue weighted by molar-refractivity contribution is 5.78. The van der Waals surface area contributed by atoms with Crippen molar-refractivity contribution in [1.29, 1.82) is 0 Å². The topological polar surface area (TPSA) is 3.24 Å². The van der Waals surface area contributed by atoms with Crippen LogP contribution in [0.4, 0.5) is 17.1 Å². The predicted octanol–water partition coefficient (Wildman–Crippen LogP) is 7.75. The fraction of sp³-hybridized carbons (Fsp3) is 0.111. The molecule has 0 atom stereocenters. The number of hydrogen-bond acceptors (Lipinski definition) is 1. The van der Waals surface area contributed by atoms with Crippen LogP contribution in [0.3, 0.4) is 0 Å². The van der Waals surface area contributed by atoms with Crippen LogP contribution < -0.4 is 4.90 Å². The summed E-state index contributed by atoms with van der Waals surface area (Å²) in [5, 5.41) is 0. The summed E-state index contributed by atoms with van der Waals surface area (Å²) in [7, 11) is 0. The molecule has 138 valence electrons. The van der Waals surface area contributed by atoms with E-state index >= 15 is 0 Å². The number of anilines is 3. The van der Waals surface area contributed by atoms with Gasteiger partial charge in [-0.3, -0.25) is 0 Å². The van der Waals surface area contributed by atoms with Crippen molar-refractivity contribution in [3.63, 3.8) is 0 Å². The third-order valence-corrected chi connectivity index (χ3v) is 5.17. The Labute approximate surface area is 167 Å². The lowest BCUT2D eigenvalue weighted by Gasteiger charge is -2.26. The van der Waals surface area contributed by atoms with Crippen molar-refractivity contribution >= 4 is 17.1 Å². The molecule has 1 nitrogen and oxygen atoms in total. The molecule has 28 heavy (non-hydrogen) atoms. The first-order chi connectivity index (χ1) is 13.6. The van der Waals surface area contributed by atoms with Gasteiger partial charge in [0.1, 0.15) is 0 Å². The number of hydrogen-bond donors (Lipinski definition) is 0. The molecule has 0 spiro atoms. The first kappa shape index (κ1) is 18.1. The average Bonchev–Trinajstić information content (AvgIpc) is 2.72. The molecular formula is C27H25N. The summed E-state index contributed by atoms with van der Waals surface area (Å²) in [4.78, 5) is 2.31. The fourth-order valence-corrected chi connectivity index (χ4v) is 3.52. The van der Waals surface area contributed by atoms with Crippen molar-refractivity contribution in [1.82, 2.24) is 0 Å². The molecule has 0 aliphatic rings. The van der Waals surface area contributed by atoms with Gasteiger partial charge in [-0.2, -0.15) is 0 Å². The van der Waals surface area contributed by atoms with Crippen LogP contribution in [0.2, 0.25) is 0 Å². The highest BCUT2D eigenvalue weighted by Gasteiger charge is 2.12. The second-order valence-corrected chi connectivity index (χ2v) is 7.37. The maximum Gasteiger partial charge on any atom is 0.0462 e. The molecule has 0 fully saturated rings. The van der Waals surface area contributed by atoms with Crippen LogP contribution >= 0.6 is 0 Å². The van der Waals surface area contributed by atoms with Gasteiger partial charge in [0.2, 0.25) is 0 Å². The van der Waals surface area contributed by atoms with E-state index in [2.05, 4.69) is 123 Å². The Bertz CT molecular complexity index is 1010. The molecule has 0 unspecified atom stereocenters. The summed E-state index contributed by atoms with van der Waals surface area (Å²) in [6.07, 6.45) is 0. The van der Waals surface area contributed by atoms with Crippen molar-refractivity contribution < 1.29 is 0 Å². The van der Waals surface area contributed by atoms with Gasteiger partial charge in [-0.05, 0) is 73.9 Å². The zero-order valence-electron chi connectivity index (χ0n) is 16.7. The summed E-state index contributed by atoms with van der Waals surface area (Å²) < 4.78 is 0. The van der Waals surface area contributed by atoms with Crippen LogP contribution in [0.5, 0.6) is 0 Å². The molecule has 0 radical (unpaired) electrons. The van der Waals surface area contributed by atoms with Crippen LogP contribution in [0.15, 0.2) is 97.1 Å². The molecule has 0 bridgehead atoms. The van der Waals surface area contributed by atoms with E-state index in [9.17, 15) is 0 Å². The predicted molar refractivity (Wildman–Crippen MR) is 121 cm³/mol. The smallest absolute Gasteiger partial charge is 0.0462 e.